The molecule has 0 fully saturated rings. The molecule has 0 spiro atoms. The van der Waals surface area contributed by atoms with Crippen LogP contribution in [0.3, 0.4) is 0 Å². The van der Waals surface area contributed by atoms with Gasteiger partial charge in [0, 0.05) is 4.47 Å². The summed E-state index contributed by atoms with van der Waals surface area (Å²) in [6, 6.07) is 9.41. The summed E-state index contributed by atoms with van der Waals surface area (Å²) in [6.07, 6.45) is 0. The molecule has 134 valence electrons. The molecule has 0 aromatic heterocycles. The number of carbonyl (C=O) groups excluding carboxylic acids is 1. The van der Waals surface area contributed by atoms with E-state index in [-0.39, 0.29) is 10.6 Å². The van der Waals surface area contributed by atoms with Gasteiger partial charge in [-0.25, -0.2) is 12.8 Å². The summed E-state index contributed by atoms with van der Waals surface area (Å²) in [7, 11) is -1.63. The minimum atomic E-state index is -4.20. The molecule has 0 saturated carbocycles. The summed E-state index contributed by atoms with van der Waals surface area (Å²) in [5.41, 5.74) is -0.260. The van der Waals surface area contributed by atoms with Crippen LogP contribution in [-0.4, -0.2) is 35.2 Å². The second-order valence-corrected chi connectivity index (χ2v) is 7.64. The Kier molecular flexibility index (Phi) is 6.02. The first-order chi connectivity index (χ1) is 11.8. The summed E-state index contributed by atoms with van der Waals surface area (Å²) in [5.74, 6) is -1.15. The smallest absolute Gasteiger partial charge is 0.326 e. The number of sulfonamides is 1. The van der Waals surface area contributed by atoms with Crippen molar-refractivity contribution < 1.29 is 27.1 Å². The predicted octanol–water partition coefficient (Wildman–Crippen LogP) is 2.97. The molecule has 0 bridgehead atoms. The van der Waals surface area contributed by atoms with Gasteiger partial charge < -0.3 is 9.47 Å². The minimum Gasteiger partial charge on any atom is -0.497 e. The molecule has 0 N–H and O–H groups in total. The Bertz CT molecular complexity index is 871. The van der Waals surface area contributed by atoms with Gasteiger partial charge in [-0.05, 0) is 42.5 Å². The molecule has 0 unspecified atom stereocenters. The molecule has 9 heteroatoms. The summed E-state index contributed by atoms with van der Waals surface area (Å²) in [6.45, 7) is -0.663. The average Bonchev–Trinajstić information content (AvgIpc) is 2.60. The number of rotatable bonds is 6. The third-order valence-electron chi connectivity index (χ3n) is 3.33. The normalized spacial score (nSPS) is 11.0. The van der Waals surface area contributed by atoms with Crippen LogP contribution in [0.15, 0.2) is 51.8 Å². The van der Waals surface area contributed by atoms with E-state index in [0.717, 1.165) is 13.2 Å². The monoisotopic (exact) mass is 431 g/mol. The highest BCUT2D eigenvalue weighted by molar-refractivity contribution is 9.10. The molecular weight excluding hydrogens is 417 g/mol. The second-order valence-electron chi connectivity index (χ2n) is 4.86. The van der Waals surface area contributed by atoms with Gasteiger partial charge >= 0.3 is 5.97 Å². The van der Waals surface area contributed by atoms with E-state index in [1.807, 2.05) is 0 Å². The topological polar surface area (TPSA) is 72.9 Å². The van der Waals surface area contributed by atoms with Gasteiger partial charge in [-0.1, -0.05) is 15.9 Å². The molecule has 6 nitrogen and oxygen atoms in total. The average molecular weight is 432 g/mol. The fourth-order valence-electron chi connectivity index (χ4n) is 2.04. The van der Waals surface area contributed by atoms with Gasteiger partial charge in [-0.3, -0.25) is 9.10 Å². The third kappa shape index (κ3) is 4.29. The number of methoxy groups -OCH3 is 2. The van der Waals surface area contributed by atoms with E-state index in [0.29, 0.717) is 14.5 Å². The Morgan fingerprint density at radius 2 is 1.80 bits per heavy atom. The molecule has 0 saturated heterocycles. The van der Waals surface area contributed by atoms with Gasteiger partial charge in [0.2, 0.25) is 0 Å². The van der Waals surface area contributed by atoms with Crippen molar-refractivity contribution in [2.45, 2.75) is 4.90 Å². The largest absolute Gasteiger partial charge is 0.497 e. The van der Waals surface area contributed by atoms with E-state index in [1.165, 1.54) is 43.5 Å². The van der Waals surface area contributed by atoms with Crippen molar-refractivity contribution in [2.24, 2.45) is 0 Å². The molecule has 0 atom stereocenters. The van der Waals surface area contributed by atoms with Crippen LogP contribution in [0.5, 0.6) is 5.75 Å². The predicted molar refractivity (Wildman–Crippen MR) is 93.6 cm³/mol. The molecular formula is C16H15BrFNO5S. The fraction of sp³-hybridized carbons (Fsp3) is 0.188. The van der Waals surface area contributed by atoms with Crippen LogP contribution < -0.4 is 9.04 Å². The molecule has 25 heavy (non-hydrogen) atoms. The molecule has 0 aliphatic carbocycles. The summed E-state index contributed by atoms with van der Waals surface area (Å²) < 4.78 is 50.8. The summed E-state index contributed by atoms with van der Waals surface area (Å²) in [5, 5.41) is 0. The Morgan fingerprint density at radius 3 is 2.32 bits per heavy atom. The number of halogens is 2. The molecule has 2 rings (SSSR count). The van der Waals surface area contributed by atoms with E-state index in [2.05, 4.69) is 20.7 Å². The van der Waals surface area contributed by atoms with E-state index in [4.69, 9.17) is 4.74 Å². The van der Waals surface area contributed by atoms with Crippen LogP contribution in [0.2, 0.25) is 0 Å². The van der Waals surface area contributed by atoms with E-state index in [1.54, 1.807) is 0 Å². The molecule has 0 amide bonds. The van der Waals surface area contributed by atoms with Crippen molar-refractivity contribution in [2.75, 3.05) is 25.1 Å². The zero-order valence-electron chi connectivity index (χ0n) is 13.4. The van der Waals surface area contributed by atoms with Crippen LogP contribution in [0.1, 0.15) is 0 Å². The lowest BCUT2D eigenvalue weighted by molar-refractivity contribution is -0.138. The van der Waals surface area contributed by atoms with Crippen LogP contribution in [0.4, 0.5) is 10.1 Å². The maximum Gasteiger partial charge on any atom is 0.326 e. The summed E-state index contributed by atoms with van der Waals surface area (Å²) >= 11 is 3.11. The SMILES string of the molecule is COC(=O)CN(c1ccc(Br)cc1F)S(=O)(=O)c1ccc(OC)cc1. The maximum absolute atomic E-state index is 14.3. The van der Waals surface area contributed by atoms with E-state index in [9.17, 15) is 17.6 Å². The number of hydrogen-bond donors (Lipinski definition) is 0. The van der Waals surface area contributed by atoms with Crippen molar-refractivity contribution in [1.82, 2.24) is 0 Å². The number of esters is 1. The molecule has 0 heterocycles. The quantitative estimate of drug-likeness (QED) is 0.657. The first-order valence-corrected chi connectivity index (χ1v) is 9.21. The first-order valence-electron chi connectivity index (χ1n) is 6.98. The standard InChI is InChI=1S/C16H15BrFNO5S/c1-23-12-4-6-13(7-5-12)25(21,22)19(10-16(20)24-2)15-8-3-11(17)9-14(15)18/h3-9H,10H2,1-2H3. The van der Waals surface area contributed by atoms with E-state index >= 15 is 0 Å². The Hall–Kier alpha value is -2.13. The highest BCUT2D eigenvalue weighted by Crippen LogP contribution is 2.29. The molecule has 0 radical (unpaired) electrons. The zero-order valence-corrected chi connectivity index (χ0v) is 15.8. The van der Waals surface area contributed by atoms with Gasteiger partial charge in [-0.2, -0.15) is 0 Å². The van der Waals surface area contributed by atoms with Gasteiger partial charge in [0.05, 0.1) is 24.8 Å². The van der Waals surface area contributed by atoms with Gasteiger partial charge in [0.25, 0.3) is 10.0 Å². The van der Waals surface area contributed by atoms with Crippen LogP contribution in [0.25, 0.3) is 0 Å². The van der Waals surface area contributed by atoms with Crippen LogP contribution in [0, 0.1) is 5.82 Å². The Balaban J connectivity index is 2.54. The highest BCUT2D eigenvalue weighted by atomic mass is 79.9. The number of ether oxygens (including phenoxy) is 2. The minimum absolute atomic E-state index is 0.112. The Morgan fingerprint density at radius 1 is 1.16 bits per heavy atom. The third-order valence-corrected chi connectivity index (χ3v) is 5.59. The zero-order chi connectivity index (χ0) is 18.6. The van der Waals surface area contributed by atoms with Crippen molar-refractivity contribution in [3.8, 4) is 5.75 Å². The Labute approximate surface area is 153 Å². The lowest BCUT2D eigenvalue weighted by Gasteiger charge is -2.24. The second kappa shape index (κ2) is 7.83. The molecule has 2 aromatic carbocycles. The van der Waals surface area contributed by atoms with Crippen molar-refractivity contribution in [3.05, 3.63) is 52.8 Å². The lowest BCUT2D eigenvalue weighted by Crippen LogP contribution is -2.36. The summed E-state index contributed by atoms with van der Waals surface area (Å²) in [4.78, 5) is 11.6. The highest BCUT2D eigenvalue weighted by Gasteiger charge is 2.29. The number of hydrogen-bond acceptors (Lipinski definition) is 5. The van der Waals surface area contributed by atoms with E-state index < -0.39 is 28.4 Å². The van der Waals surface area contributed by atoms with Gasteiger partial charge in [-0.15, -0.1) is 0 Å². The van der Waals surface area contributed by atoms with Crippen LogP contribution in [-0.2, 0) is 19.6 Å². The number of nitrogens with zero attached hydrogens (tertiary/aromatic N) is 1. The molecule has 0 aliphatic rings. The number of carbonyl (C=O) groups is 1. The van der Waals surface area contributed by atoms with Crippen molar-refractivity contribution >= 4 is 37.6 Å². The molecule has 2 aromatic rings. The van der Waals surface area contributed by atoms with Crippen LogP contribution >= 0.6 is 15.9 Å². The first kappa shape index (κ1) is 19.2. The fourth-order valence-corrected chi connectivity index (χ4v) is 3.79. The van der Waals surface area contributed by atoms with Gasteiger partial charge in [0.1, 0.15) is 18.1 Å². The van der Waals surface area contributed by atoms with Gasteiger partial charge in [0.15, 0.2) is 0 Å². The lowest BCUT2D eigenvalue weighted by atomic mass is 10.3. The molecule has 0 aliphatic heterocycles. The maximum atomic E-state index is 14.3. The number of benzene rings is 2. The number of anilines is 1. The van der Waals surface area contributed by atoms with Crippen molar-refractivity contribution in [3.63, 3.8) is 0 Å². The van der Waals surface area contributed by atoms with Crippen molar-refractivity contribution in [1.29, 1.82) is 0 Å².